The van der Waals surface area contributed by atoms with Crippen LogP contribution in [-0.4, -0.2) is 25.8 Å². The van der Waals surface area contributed by atoms with Crippen LogP contribution in [0.1, 0.15) is 6.42 Å². The van der Waals surface area contributed by atoms with Gasteiger partial charge in [-0.2, -0.15) is 4.31 Å². The van der Waals surface area contributed by atoms with Crippen LogP contribution in [0.3, 0.4) is 0 Å². The van der Waals surface area contributed by atoms with Crippen LogP contribution in [0.5, 0.6) is 0 Å². The quantitative estimate of drug-likeness (QED) is 0.674. The molecule has 0 aliphatic carbocycles. The summed E-state index contributed by atoms with van der Waals surface area (Å²) in [7, 11) is -3.67. The lowest BCUT2D eigenvalue weighted by Crippen LogP contribution is -2.34. The highest BCUT2D eigenvalue weighted by Crippen LogP contribution is 2.33. The second kappa shape index (κ2) is 5.09. The average molecular weight is 307 g/mol. The first-order valence-corrected chi connectivity index (χ1v) is 7.52. The number of benzene rings is 1. The van der Waals surface area contributed by atoms with Crippen molar-refractivity contribution < 1.29 is 8.42 Å². The topological polar surface area (TPSA) is 63.4 Å². The molecule has 98 valence electrons. The predicted molar refractivity (Wildman–Crippen MR) is 73.4 cm³/mol. The molecule has 0 atom stereocenters. The van der Waals surface area contributed by atoms with E-state index in [0.29, 0.717) is 24.5 Å². The molecule has 2 rings (SSSR count). The van der Waals surface area contributed by atoms with Crippen molar-refractivity contribution in [3.8, 4) is 0 Å². The van der Waals surface area contributed by atoms with Gasteiger partial charge in [0.2, 0.25) is 10.0 Å². The minimum atomic E-state index is -3.67. The van der Waals surface area contributed by atoms with Crippen LogP contribution in [0.15, 0.2) is 29.2 Å². The second-order valence-electron chi connectivity index (χ2n) is 3.93. The van der Waals surface area contributed by atoms with Crippen molar-refractivity contribution in [3.05, 3.63) is 34.3 Å². The van der Waals surface area contributed by atoms with Crippen molar-refractivity contribution in [1.29, 1.82) is 0 Å². The molecule has 2 N–H and O–H groups in total. The van der Waals surface area contributed by atoms with Crippen LogP contribution in [0, 0.1) is 0 Å². The Hall–Kier alpha value is -0.750. The van der Waals surface area contributed by atoms with Gasteiger partial charge >= 0.3 is 0 Å². The van der Waals surface area contributed by atoms with Crippen molar-refractivity contribution in [2.45, 2.75) is 11.3 Å². The zero-order valence-corrected chi connectivity index (χ0v) is 11.8. The molecular formula is C11H12Cl2N2O2S. The Balaban J connectivity index is 2.51. The second-order valence-corrected chi connectivity index (χ2v) is 6.65. The molecule has 4 nitrogen and oxygen atoms in total. The fraction of sp³-hybridized carbons (Fsp3) is 0.273. The van der Waals surface area contributed by atoms with E-state index in [1.165, 1.54) is 16.4 Å². The molecule has 7 heteroatoms. The number of sulfonamides is 1. The Bertz CT molecular complexity index is 576. The number of nitrogens with zero attached hydrogens (tertiary/aromatic N) is 1. The molecule has 1 aromatic rings. The van der Waals surface area contributed by atoms with Gasteiger partial charge in [0.25, 0.3) is 0 Å². The minimum Gasteiger partial charge on any atom is -0.398 e. The Morgan fingerprint density at radius 3 is 2.50 bits per heavy atom. The molecular weight excluding hydrogens is 295 g/mol. The van der Waals surface area contributed by atoms with Gasteiger partial charge in [-0.1, -0.05) is 35.4 Å². The Morgan fingerprint density at radius 1 is 1.22 bits per heavy atom. The standard InChI is InChI=1S/C11H12Cl2N2O2S/c12-8-6-9(13)11(10(14)7-8)18(16,17)15-4-2-1-3-5-15/h1-2,6-7H,3-5,14H2. The van der Waals surface area contributed by atoms with Gasteiger partial charge in [0, 0.05) is 18.1 Å². The van der Waals surface area contributed by atoms with Gasteiger partial charge in [0.1, 0.15) is 4.90 Å². The van der Waals surface area contributed by atoms with Crippen molar-refractivity contribution in [1.82, 2.24) is 4.31 Å². The van der Waals surface area contributed by atoms with E-state index in [1.807, 2.05) is 6.08 Å². The van der Waals surface area contributed by atoms with Gasteiger partial charge in [-0.05, 0) is 18.6 Å². The van der Waals surface area contributed by atoms with E-state index in [9.17, 15) is 8.42 Å². The van der Waals surface area contributed by atoms with Crippen molar-refractivity contribution in [3.63, 3.8) is 0 Å². The number of hydrogen-bond donors (Lipinski definition) is 1. The van der Waals surface area contributed by atoms with Crippen LogP contribution in [0.2, 0.25) is 10.0 Å². The summed E-state index contributed by atoms with van der Waals surface area (Å²) in [6, 6.07) is 2.77. The first kappa shape index (κ1) is 13.7. The van der Waals surface area contributed by atoms with Gasteiger partial charge in [0.05, 0.1) is 10.7 Å². The van der Waals surface area contributed by atoms with Gasteiger partial charge < -0.3 is 5.73 Å². The molecule has 1 heterocycles. The molecule has 0 fully saturated rings. The molecule has 0 bridgehead atoms. The third-order valence-electron chi connectivity index (χ3n) is 2.66. The number of rotatable bonds is 2. The first-order chi connectivity index (χ1) is 8.43. The minimum absolute atomic E-state index is 0.0505. The molecule has 0 spiro atoms. The van der Waals surface area contributed by atoms with E-state index in [1.54, 1.807) is 6.08 Å². The van der Waals surface area contributed by atoms with Crippen LogP contribution in [-0.2, 0) is 10.0 Å². The van der Waals surface area contributed by atoms with E-state index < -0.39 is 10.0 Å². The highest BCUT2D eigenvalue weighted by molar-refractivity contribution is 7.89. The van der Waals surface area contributed by atoms with Crippen LogP contribution in [0.25, 0.3) is 0 Å². The SMILES string of the molecule is Nc1cc(Cl)cc(Cl)c1S(=O)(=O)N1CC=CCC1. The summed E-state index contributed by atoms with van der Waals surface area (Å²) in [6.07, 6.45) is 4.43. The van der Waals surface area contributed by atoms with Crippen molar-refractivity contribution in [2.24, 2.45) is 0 Å². The summed E-state index contributed by atoms with van der Waals surface area (Å²) in [4.78, 5) is -0.0659. The van der Waals surface area contributed by atoms with Crippen molar-refractivity contribution in [2.75, 3.05) is 18.8 Å². The van der Waals surface area contributed by atoms with Gasteiger partial charge in [-0.3, -0.25) is 0 Å². The molecule has 1 aromatic carbocycles. The van der Waals surface area contributed by atoms with E-state index in [4.69, 9.17) is 28.9 Å². The Kier molecular flexibility index (Phi) is 3.87. The molecule has 1 aliphatic heterocycles. The van der Waals surface area contributed by atoms with Crippen LogP contribution < -0.4 is 5.73 Å². The summed E-state index contributed by atoms with van der Waals surface area (Å²) in [6.45, 7) is 0.762. The average Bonchev–Trinajstić information content (AvgIpc) is 2.28. The number of halogens is 2. The summed E-state index contributed by atoms with van der Waals surface area (Å²) in [5.41, 5.74) is 5.79. The van der Waals surface area contributed by atoms with E-state index in [0.717, 1.165) is 0 Å². The van der Waals surface area contributed by atoms with Gasteiger partial charge in [-0.25, -0.2) is 8.42 Å². The number of hydrogen-bond acceptors (Lipinski definition) is 3. The molecule has 0 unspecified atom stereocenters. The smallest absolute Gasteiger partial charge is 0.246 e. The van der Waals surface area contributed by atoms with E-state index in [-0.39, 0.29) is 15.6 Å². The molecule has 0 aromatic heterocycles. The summed E-state index contributed by atoms with van der Waals surface area (Å²) in [5.74, 6) is 0. The first-order valence-electron chi connectivity index (χ1n) is 5.32. The third-order valence-corrected chi connectivity index (χ3v) is 5.27. The Labute approximate surface area is 116 Å². The number of anilines is 1. The number of nitrogens with two attached hydrogens (primary N) is 1. The summed E-state index contributed by atoms with van der Waals surface area (Å²) in [5, 5.41) is 0.365. The molecule has 18 heavy (non-hydrogen) atoms. The van der Waals surface area contributed by atoms with E-state index in [2.05, 4.69) is 0 Å². The molecule has 0 radical (unpaired) electrons. The summed E-state index contributed by atoms with van der Waals surface area (Å²) >= 11 is 11.7. The van der Waals surface area contributed by atoms with E-state index >= 15 is 0 Å². The fourth-order valence-corrected chi connectivity index (χ4v) is 4.17. The predicted octanol–water partition coefficient (Wildman–Crippen LogP) is 2.53. The maximum Gasteiger partial charge on any atom is 0.246 e. The normalized spacial score (nSPS) is 17.0. The maximum atomic E-state index is 12.4. The van der Waals surface area contributed by atoms with Gasteiger partial charge in [-0.15, -0.1) is 0 Å². The third kappa shape index (κ3) is 2.49. The molecule has 1 aliphatic rings. The molecule has 0 amide bonds. The lowest BCUT2D eigenvalue weighted by molar-refractivity contribution is 0.438. The van der Waals surface area contributed by atoms with Crippen LogP contribution >= 0.6 is 23.2 Å². The number of nitrogen functional groups attached to an aromatic ring is 1. The highest BCUT2D eigenvalue weighted by atomic mass is 35.5. The lowest BCUT2D eigenvalue weighted by Gasteiger charge is -2.24. The zero-order valence-electron chi connectivity index (χ0n) is 9.44. The summed E-state index contributed by atoms with van der Waals surface area (Å²) < 4.78 is 26.2. The highest BCUT2D eigenvalue weighted by Gasteiger charge is 2.29. The zero-order chi connectivity index (χ0) is 13.3. The molecule has 0 saturated carbocycles. The van der Waals surface area contributed by atoms with Gasteiger partial charge in [0.15, 0.2) is 0 Å². The monoisotopic (exact) mass is 306 g/mol. The Morgan fingerprint density at radius 2 is 1.94 bits per heavy atom. The molecule has 0 saturated heterocycles. The van der Waals surface area contributed by atoms with Crippen LogP contribution in [0.4, 0.5) is 5.69 Å². The largest absolute Gasteiger partial charge is 0.398 e. The fourth-order valence-electron chi connectivity index (χ4n) is 1.82. The maximum absolute atomic E-state index is 12.4. The van der Waals surface area contributed by atoms with Crippen molar-refractivity contribution >= 4 is 38.9 Å². The lowest BCUT2D eigenvalue weighted by atomic mass is 10.3.